The molecule has 0 aliphatic carbocycles. The first-order valence-electron chi connectivity index (χ1n) is 6.20. The number of thiocarbonyl (C=S) groups is 1. The van der Waals surface area contributed by atoms with Crippen LogP contribution in [0.4, 0.5) is 0 Å². The summed E-state index contributed by atoms with van der Waals surface area (Å²) in [6, 6.07) is 18.2. The van der Waals surface area contributed by atoms with Crippen molar-refractivity contribution in [3.8, 4) is 5.75 Å². The van der Waals surface area contributed by atoms with Gasteiger partial charge in [0.25, 0.3) is 0 Å². The first kappa shape index (κ1) is 13.6. The van der Waals surface area contributed by atoms with Crippen LogP contribution < -0.4 is 10.1 Å². The number of methoxy groups -OCH3 is 1. The highest BCUT2D eigenvalue weighted by molar-refractivity contribution is 7.80. The molecule has 1 N–H and O–H groups in total. The van der Waals surface area contributed by atoms with Crippen molar-refractivity contribution in [3.05, 3.63) is 65.7 Å². The van der Waals surface area contributed by atoms with Crippen molar-refractivity contribution in [1.29, 1.82) is 0 Å². The van der Waals surface area contributed by atoms with Gasteiger partial charge in [0.15, 0.2) is 0 Å². The van der Waals surface area contributed by atoms with Gasteiger partial charge in [0.1, 0.15) is 10.7 Å². The molecular weight excluding hydrogens is 254 g/mol. The summed E-state index contributed by atoms with van der Waals surface area (Å²) in [7, 11) is 1.66. The molecule has 0 aliphatic heterocycles. The maximum absolute atomic E-state index is 5.42. The van der Waals surface area contributed by atoms with Crippen LogP contribution in [-0.4, -0.2) is 12.1 Å². The van der Waals surface area contributed by atoms with Crippen molar-refractivity contribution in [2.24, 2.45) is 0 Å². The molecule has 98 valence electrons. The lowest BCUT2D eigenvalue weighted by molar-refractivity contribution is 0.415. The summed E-state index contributed by atoms with van der Waals surface area (Å²) in [6.07, 6.45) is 0. The van der Waals surface area contributed by atoms with Crippen LogP contribution in [0.2, 0.25) is 0 Å². The largest absolute Gasteiger partial charge is 0.497 e. The summed E-state index contributed by atoms with van der Waals surface area (Å²) in [5, 5.41) is 3.34. The van der Waals surface area contributed by atoms with Crippen LogP contribution in [0, 0.1) is 0 Å². The van der Waals surface area contributed by atoms with Gasteiger partial charge in [-0.25, -0.2) is 0 Å². The van der Waals surface area contributed by atoms with Gasteiger partial charge in [-0.3, -0.25) is 0 Å². The number of hydrogen-bond donors (Lipinski definition) is 1. The molecule has 1 atom stereocenters. The van der Waals surface area contributed by atoms with Crippen molar-refractivity contribution in [2.45, 2.75) is 13.0 Å². The van der Waals surface area contributed by atoms with Crippen molar-refractivity contribution in [2.75, 3.05) is 7.11 Å². The fourth-order valence-electron chi connectivity index (χ4n) is 1.85. The monoisotopic (exact) mass is 271 g/mol. The van der Waals surface area contributed by atoms with Gasteiger partial charge in [-0.1, -0.05) is 42.5 Å². The molecule has 2 nitrogen and oxygen atoms in total. The number of benzene rings is 2. The standard InChI is InChI=1S/C16H17NOS/c1-12(13-6-4-3-5-7-13)17-16(19)14-8-10-15(18-2)11-9-14/h3-12H,1-2H3,(H,17,19). The van der Waals surface area contributed by atoms with E-state index in [1.54, 1.807) is 7.11 Å². The predicted molar refractivity (Wildman–Crippen MR) is 82.7 cm³/mol. The third-order valence-corrected chi connectivity index (χ3v) is 3.35. The highest BCUT2D eigenvalue weighted by Gasteiger charge is 2.08. The van der Waals surface area contributed by atoms with Crippen LogP contribution in [-0.2, 0) is 0 Å². The molecule has 3 heteroatoms. The Bertz CT molecular complexity index is 536. The molecule has 0 saturated heterocycles. The molecule has 0 saturated carbocycles. The molecule has 2 aromatic carbocycles. The lowest BCUT2D eigenvalue weighted by Gasteiger charge is -2.16. The van der Waals surface area contributed by atoms with E-state index in [1.807, 2.05) is 42.5 Å². The molecule has 0 heterocycles. The fraction of sp³-hybridized carbons (Fsp3) is 0.188. The minimum Gasteiger partial charge on any atom is -0.497 e. The zero-order valence-corrected chi connectivity index (χ0v) is 11.9. The van der Waals surface area contributed by atoms with Gasteiger partial charge in [0.05, 0.1) is 7.11 Å². The van der Waals surface area contributed by atoms with E-state index >= 15 is 0 Å². The Balaban J connectivity index is 2.04. The van der Waals surface area contributed by atoms with Gasteiger partial charge in [0, 0.05) is 11.6 Å². The molecule has 2 rings (SSSR count). The van der Waals surface area contributed by atoms with Crippen LogP contribution >= 0.6 is 12.2 Å². The molecule has 0 aliphatic rings. The van der Waals surface area contributed by atoms with E-state index < -0.39 is 0 Å². The number of nitrogens with one attached hydrogen (secondary N) is 1. The van der Waals surface area contributed by atoms with Crippen LogP contribution in [0.3, 0.4) is 0 Å². The third-order valence-electron chi connectivity index (χ3n) is 3.00. The van der Waals surface area contributed by atoms with Gasteiger partial charge in [0.2, 0.25) is 0 Å². The Kier molecular flexibility index (Phi) is 4.53. The Morgan fingerprint density at radius 2 is 1.68 bits per heavy atom. The van der Waals surface area contributed by atoms with Gasteiger partial charge in [-0.05, 0) is 36.8 Å². The molecule has 0 radical (unpaired) electrons. The quantitative estimate of drug-likeness (QED) is 0.856. The van der Waals surface area contributed by atoms with Crippen LogP contribution in [0.5, 0.6) is 5.75 Å². The zero-order chi connectivity index (χ0) is 13.7. The smallest absolute Gasteiger partial charge is 0.118 e. The second-order valence-electron chi connectivity index (χ2n) is 4.33. The summed E-state index contributed by atoms with van der Waals surface area (Å²) in [5.74, 6) is 0.836. The maximum Gasteiger partial charge on any atom is 0.118 e. The van der Waals surface area contributed by atoms with E-state index in [1.165, 1.54) is 5.56 Å². The lowest BCUT2D eigenvalue weighted by atomic mass is 10.1. The molecule has 0 aromatic heterocycles. The zero-order valence-electron chi connectivity index (χ0n) is 11.1. The average molecular weight is 271 g/mol. The first-order valence-corrected chi connectivity index (χ1v) is 6.61. The van der Waals surface area contributed by atoms with Crippen molar-refractivity contribution in [1.82, 2.24) is 5.32 Å². The van der Waals surface area contributed by atoms with Gasteiger partial charge in [-0.2, -0.15) is 0 Å². The molecule has 0 amide bonds. The van der Waals surface area contributed by atoms with E-state index in [9.17, 15) is 0 Å². The lowest BCUT2D eigenvalue weighted by Crippen LogP contribution is -2.25. The Labute approximate surface area is 119 Å². The van der Waals surface area contributed by atoms with E-state index in [0.717, 1.165) is 16.3 Å². The van der Waals surface area contributed by atoms with E-state index in [-0.39, 0.29) is 6.04 Å². The second-order valence-corrected chi connectivity index (χ2v) is 4.74. The summed E-state index contributed by atoms with van der Waals surface area (Å²) in [5.41, 5.74) is 2.22. The van der Waals surface area contributed by atoms with E-state index in [4.69, 9.17) is 17.0 Å². The SMILES string of the molecule is COc1ccc(C(=S)NC(C)c2ccccc2)cc1. The van der Waals surface area contributed by atoms with Crippen LogP contribution in [0.1, 0.15) is 24.1 Å². The molecular formula is C16H17NOS. The minimum absolute atomic E-state index is 0.191. The fourth-order valence-corrected chi connectivity index (χ4v) is 2.16. The Morgan fingerprint density at radius 3 is 2.26 bits per heavy atom. The minimum atomic E-state index is 0.191. The van der Waals surface area contributed by atoms with Crippen LogP contribution in [0.15, 0.2) is 54.6 Å². The molecule has 2 aromatic rings. The second kappa shape index (κ2) is 6.34. The topological polar surface area (TPSA) is 21.3 Å². The van der Waals surface area contributed by atoms with E-state index in [2.05, 4.69) is 24.4 Å². The van der Waals surface area contributed by atoms with Crippen molar-refractivity contribution < 1.29 is 4.74 Å². The summed E-state index contributed by atoms with van der Waals surface area (Å²) in [4.78, 5) is 0.749. The molecule has 0 fully saturated rings. The normalized spacial score (nSPS) is 11.7. The summed E-state index contributed by atoms with van der Waals surface area (Å²) >= 11 is 5.42. The van der Waals surface area contributed by atoms with Gasteiger partial charge >= 0.3 is 0 Å². The molecule has 1 unspecified atom stereocenters. The number of rotatable bonds is 4. The first-order chi connectivity index (χ1) is 9.20. The summed E-state index contributed by atoms with van der Waals surface area (Å²) < 4.78 is 5.14. The van der Waals surface area contributed by atoms with Crippen LogP contribution in [0.25, 0.3) is 0 Å². The Morgan fingerprint density at radius 1 is 1.05 bits per heavy atom. The maximum atomic E-state index is 5.42. The average Bonchev–Trinajstić information content (AvgIpc) is 2.48. The Hall–Kier alpha value is -1.87. The molecule has 19 heavy (non-hydrogen) atoms. The van der Waals surface area contributed by atoms with Gasteiger partial charge < -0.3 is 10.1 Å². The molecule has 0 bridgehead atoms. The van der Waals surface area contributed by atoms with E-state index in [0.29, 0.717) is 0 Å². The molecule has 0 spiro atoms. The number of ether oxygens (including phenoxy) is 1. The third kappa shape index (κ3) is 3.55. The highest BCUT2D eigenvalue weighted by atomic mass is 32.1. The number of hydrogen-bond acceptors (Lipinski definition) is 2. The van der Waals surface area contributed by atoms with Crippen molar-refractivity contribution in [3.63, 3.8) is 0 Å². The van der Waals surface area contributed by atoms with Crippen molar-refractivity contribution >= 4 is 17.2 Å². The summed E-state index contributed by atoms with van der Waals surface area (Å²) in [6.45, 7) is 2.10. The predicted octanol–water partition coefficient (Wildman–Crippen LogP) is 3.72. The highest BCUT2D eigenvalue weighted by Crippen LogP contribution is 2.15. The van der Waals surface area contributed by atoms with Gasteiger partial charge in [-0.15, -0.1) is 0 Å².